The Bertz CT molecular complexity index is 1100. The van der Waals surface area contributed by atoms with E-state index >= 15 is 0 Å². The van der Waals surface area contributed by atoms with Crippen molar-refractivity contribution >= 4 is 28.5 Å². The third-order valence-electron chi connectivity index (χ3n) is 4.97. The zero-order valence-corrected chi connectivity index (χ0v) is 18.5. The van der Waals surface area contributed by atoms with E-state index in [0.29, 0.717) is 46.9 Å². The highest BCUT2D eigenvalue weighted by Crippen LogP contribution is 2.17. The molecule has 0 amide bonds. The number of nitrogens with one attached hydrogen (secondary N) is 3. The third kappa shape index (κ3) is 5.99. The van der Waals surface area contributed by atoms with Gasteiger partial charge in [0.05, 0.1) is 17.8 Å². The number of carbonyl (C=O) groups excluding carboxylic acids is 1. The average Bonchev–Trinajstić information content (AvgIpc) is 2.78. The zero-order valence-electron chi connectivity index (χ0n) is 18.5. The van der Waals surface area contributed by atoms with Gasteiger partial charge in [-0.3, -0.25) is 4.79 Å². The molecule has 3 aromatic heterocycles. The Labute approximate surface area is 186 Å². The van der Waals surface area contributed by atoms with Gasteiger partial charge in [0.15, 0.2) is 0 Å². The van der Waals surface area contributed by atoms with E-state index in [1.807, 2.05) is 0 Å². The molecule has 10 heteroatoms. The molecule has 0 atom stereocenters. The summed E-state index contributed by atoms with van der Waals surface area (Å²) in [4.78, 5) is 43.8. The summed E-state index contributed by atoms with van der Waals surface area (Å²) in [5, 5.41) is 6.83. The van der Waals surface area contributed by atoms with E-state index in [0.717, 1.165) is 38.6 Å². The maximum atomic E-state index is 12.5. The van der Waals surface area contributed by atoms with Gasteiger partial charge >= 0.3 is 5.97 Å². The predicted molar refractivity (Wildman–Crippen MR) is 123 cm³/mol. The molecule has 32 heavy (non-hydrogen) atoms. The zero-order chi connectivity index (χ0) is 22.8. The predicted octanol–water partition coefficient (Wildman–Crippen LogP) is 3.07. The number of fused-ring (bicyclic) bond motifs is 1. The second kappa shape index (κ2) is 11.7. The molecule has 0 unspecified atom stereocenters. The monoisotopic (exact) mass is 439 g/mol. The lowest BCUT2D eigenvalue weighted by molar-refractivity contribution is 0.0497. The van der Waals surface area contributed by atoms with Crippen LogP contribution in [0.3, 0.4) is 0 Å². The van der Waals surface area contributed by atoms with E-state index in [1.54, 1.807) is 19.2 Å². The van der Waals surface area contributed by atoms with Crippen molar-refractivity contribution < 1.29 is 9.53 Å². The highest BCUT2D eigenvalue weighted by atomic mass is 16.5. The van der Waals surface area contributed by atoms with Gasteiger partial charge in [-0.15, -0.1) is 0 Å². The summed E-state index contributed by atoms with van der Waals surface area (Å²) in [6, 6.07) is 1.74. The first-order chi connectivity index (χ1) is 15.6. The molecule has 3 rings (SSSR count). The molecule has 3 N–H and O–H groups in total. The summed E-state index contributed by atoms with van der Waals surface area (Å²) in [6.07, 6.45) is 8.91. The molecular weight excluding hydrogens is 410 g/mol. The number of anilines is 2. The molecule has 0 saturated carbocycles. The van der Waals surface area contributed by atoms with E-state index < -0.39 is 5.97 Å². The Balaban J connectivity index is 1.42. The van der Waals surface area contributed by atoms with Crippen LogP contribution in [0.1, 0.15) is 55.1 Å². The van der Waals surface area contributed by atoms with Crippen molar-refractivity contribution in [3.8, 4) is 0 Å². The minimum atomic E-state index is -0.410. The van der Waals surface area contributed by atoms with Gasteiger partial charge in [-0.2, -0.15) is 0 Å². The van der Waals surface area contributed by atoms with Gasteiger partial charge in [0.1, 0.15) is 35.2 Å². The van der Waals surface area contributed by atoms with E-state index in [4.69, 9.17) is 4.74 Å². The van der Waals surface area contributed by atoms with Crippen molar-refractivity contribution in [2.24, 2.45) is 0 Å². The lowest BCUT2D eigenvalue weighted by atomic mass is 10.2. The Morgan fingerprint density at radius 3 is 2.59 bits per heavy atom. The van der Waals surface area contributed by atoms with Gasteiger partial charge in [0.2, 0.25) is 0 Å². The van der Waals surface area contributed by atoms with Crippen LogP contribution in [0.4, 0.5) is 11.6 Å². The smallest absolute Gasteiger partial charge is 0.343 e. The van der Waals surface area contributed by atoms with Crippen molar-refractivity contribution in [3.63, 3.8) is 0 Å². The molecule has 0 aliphatic carbocycles. The molecule has 10 nitrogen and oxygen atoms in total. The van der Waals surface area contributed by atoms with Gasteiger partial charge in [-0.1, -0.05) is 13.3 Å². The van der Waals surface area contributed by atoms with E-state index in [9.17, 15) is 9.59 Å². The first-order valence-electron chi connectivity index (χ1n) is 10.9. The number of rotatable bonds is 12. The fourth-order valence-electron chi connectivity index (χ4n) is 3.24. The number of pyridine rings is 1. The van der Waals surface area contributed by atoms with Gasteiger partial charge in [0.25, 0.3) is 5.56 Å². The summed E-state index contributed by atoms with van der Waals surface area (Å²) in [5.41, 5.74) is 1.37. The number of aromatic nitrogens is 5. The largest absolute Gasteiger partial charge is 0.462 e. The van der Waals surface area contributed by atoms with Gasteiger partial charge < -0.3 is 20.4 Å². The number of carbonyl (C=O) groups is 1. The molecule has 0 fully saturated rings. The van der Waals surface area contributed by atoms with Crippen molar-refractivity contribution in [1.29, 1.82) is 0 Å². The summed E-state index contributed by atoms with van der Waals surface area (Å²) in [5.74, 6) is 0.630. The molecule has 3 heterocycles. The van der Waals surface area contributed by atoms with Gasteiger partial charge in [-0.25, -0.2) is 24.7 Å². The van der Waals surface area contributed by atoms with Crippen LogP contribution >= 0.6 is 0 Å². The number of nitrogens with zero attached hydrogens (tertiary/aromatic N) is 4. The molecule has 0 spiro atoms. The minimum Gasteiger partial charge on any atom is -0.462 e. The molecular formula is C22H29N7O3. The molecule has 0 bridgehead atoms. The Kier molecular flexibility index (Phi) is 8.47. The van der Waals surface area contributed by atoms with E-state index in [1.165, 1.54) is 12.7 Å². The molecule has 0 radical (unpaired) electrons. The highest BCUT2D eigenvalue weighted by Gasteiger charge is 2.18. The van der Waals surface area contributed by atoms with E-state index in [2.05, 4.69) is 42.5 Å². The quantitative estimate of drug-likeness (QED) is 0.287. The van der Waals surface area contributed by atoms with Crippen LogP contribution in [-0.2, 0) is 4.74 Å². The van der Waals surface area contributed by atoms with Crippen LogP contribution in [0.15, 0.2) is 29.7 Å². The first kappa shape index (κ1) is 23.1. The number of hydrogen-bond acceptors (Lipinski definition) is 9. The number of ether oxygens (including phenoxy) is 1. The SMILES string of the molecule is CCCCNc1ncnc(C)c1C(=O)OCCCCCNc1ncnc2cc[nH]c(=O)c12. The summed E-state index contributed by atoms with van der Waals surface area (Å²) in [7, 11) is 0. The summed E-state index contributed by atoms with van der Waals surface area (Å²) in [6.45, 7) is 5.58. The first-order valence-corrected chi connectivity index (χ1v) is 10.9. The molecule has 0 saturated heterocycles. The lowest BCUT2D eigenvalue weighted by Gasteiger charge is -2.12. The highest BCUT2D eigenvalue weighted by molar-refractivity contribution is 5.95. The minimum absolute atomic E-state index is 0.221. The number of H-pyrrole nitrogens is 1. The van der Waals surface area contributed by atoms with Crippen molar-refractivity contribution in [2.75, 3.05) is 30.3 Å². The molecule has 170 valence electrons. The number of unbranched alkanes of at least 4 members (excludes halogenated alkanes) is 3. The summed E-state index contributed by atoms with van der Waals surface area (Å²) < 4.78 is 5.45. The number of aryl methyl sites for hydroxylation is 1. The third-order valence-corrected chi connectivity index (χ3v) is 4.97. The maximum Gasteiger partial charge on any atom is 0.343 e. The van der Waals surface area contributed by atoms with Crippen LogP contribution in [0.2, 0.25) is 0 Å². The molecule has 3 aromatic rings. The van der Waals surface area contributed by atoms with Crippen LogP contribution in [0.5, 0.6) is 0 Å². The molecule has 0 aromatic carbocycles. The van der Waals surface area contributed by atoms with Crippen LogP contribution in [-0.4, -0.2) is 50.6 Å². The number of hydrogen-bond donors (Lipinski definition) is 3. The van der Waals surface area contributed by atoms with Gasteiger partial charge in [0, 0.05) is 19.3 Å². The van der Waals surface area contributed by atoms with Crippen LogP contribution in [0.25, 0.3) is 10.9 Å². The Hall–Kier alpha value is -3.56. The van der Waals surface area contributed by atoms with Crippen LogP contribution < -0.4 is 16.2 Å². The lowest BCUT2D eigenvalue weighted by Crippen LogP contribution is -2.15. The average molecular weight is 440 g/mol. The fourth-order valence-corrected chi connectivity index (χ4v) is 3.24. The Morgan fingerprint density at radius 1 is 1.00 bits per heavy atom. The van der Waals surface area contributed by atoms with Gasteiger partial charge in [-0.05, 0) is 38.7 Å². The number of aromatic amines is 1. The second-order valence-electron chi connectivity index (χ2n) is 7.38. The van der Waals surface area contributed by atoms with Crippen molar-refractivity contribution in [1.82, 2.24) is 24.9 Å². The molecule has 0 aliphatic rings. The van der Waals surface area contributed by atoms with E-state index in [-0.39, 0.29) is 5.56 Å². The normalized spacial score (nSPS) is 10.8. The Morgan fingerprint density at radius 2 is 1.75 bits per heavy atom. The van der Waals surface area contributed by atoms with Crippen molar-refractivity contribution in [2.45, 2.75) is 46.0 Å². The maximum absolute atomic E-state index is 12.5. The summed E-state index contributed by atoms with van der Waals surface area (Å²) >= 11 is 0. The topological polar surface area (TPSA) is 135 Å². The fraction of sp³-hybridized carbons (Fsp3) is 0.455. The standard InChI is InChI=1S/C22H29N7O3/c1-3-4-9-23-19-17(15(2)26-13-28-19)22(31)32-12-7-5-6-10-24-20-18-16(27-14-29-20)8-11-25-21(18)30/h8,11,13-14H,3-7,9-10,12H2,1-2H3,(H,25,30)(H,23,26,28)(H,24,27,29). The second-order valence-corrected chi connectivity index (χ2v) is 7.38. The molecule has 0 aliphatic heterocycles. The van der Waals surface area contributed by atoms with Crippen molar-refractivity contribution in [3.05, 3.63) is 46.5 Å². The number of esters is 1. The van der Waals surface area contributed by atoms with Crippen LogP contribution in [0, 0.1) is 6.92 Å².